The Morgan fingerprint density at radius 1 is 1.05 bits per heavy atom. The fourth-order valence-electron chi connectivity index (χ4n) is 4.31. The molecule has 37 heavy (non-hydrogen) atoms. The van der Waals surface area contributed by atoms with Gasteiger partial charge in [-0.2, -0.15) is 0 Å². The number of fused-ring (bicyclic) bond motifs is 1. The molecule has 10 nitrogen and oxygen atoms in total. The van der Waals surface area contributed by atoms with E-state index in [0.717, 1.165) is 25.7 Å². The van der Waals surface area contributed by atoms with E-state index in [2.05, 4.69) is 39.4 Å². The number of allylic oxidation sites excluding steroid dienone is 2. The largest absolute Gasteiger partial charge is 0.658 e. The zero-order valence-electron chi connectivity index (χ0n) is 22.3. The molecule has 0 spiro atoms. The van der Waals surface area contributed by atoms with Gasteiger partial charge in [-0.1, -0.05) is 70.4 Å². The number of ether oxygens (including phenoxy) is 1. The van der Waals surface area contributed by atoms with Crippen LogP contribution in [-0.4, -0.2) is 65.9 Å². The molecule has 2 aliphatic rings. The van der Waals surface area contributed by atoms with Crippen molar-refractivity contribution in [2.24, 2.45) is 15.0 Å². The minimum atomic E-state index is -4.43. The van der Waals surface area contributed by atoms with Crippen molar-refractivity contribution in [1.29, 1.82) is 0 Å². The summed E-state index contributed by atoms with van der Waals surface area (Å²) in [4.78, 5) is 57.4. The van der Waals surface area contributed by atoms with Gasteiger partial charge in [0.2, 0.25) is 5.91 Å². The Labute approximate surface area is 222 Å². The van der Waals surface area contributed by atoms with Crippen LogP contribution in [0.3, 0.4) is 0 Å². The van der Waals surface area contributed by atoms with Crippen LogP contribution in [-0.2, 0) is 9.53 Å². The van der Waals surface area contributed by atoms with E-state index in [4.69, 9.17) is 9.63 Å². The summed E-state index contributed by atoms with van der Waals surface area (Å²) in [5.74, 6) is 0.397. The zero-order chi connectivity index (χ0) is 26.8. The van der Waals surface area contributed by atoms with E-state index in [1.54, 1.807) is 11.2 Å². The number of carbonyl (C=O) groups is 1. The third kappa shape index (κ3) is 14.1. The van der Waals surface area contributed by atoms with Gasteiger partial charge >= 0.3 is 0 Å². The topological polar surface area (TPSA) is 145 Å². The highest BCUT2D eigenvalue weighted by Gasteiger charge is 2.36. The lowest BCUT2D eigenvalue weighted by atomic mass is 10.1. The van der Waals surface area contributed by atoms with Crippen molar-refractivity contribution in [2.45, 2.75) is 109 Å². The van der Waals surface area contributed by atoms with Crippen LogP contribution in [0.4, 0.5) is 0 Å². The maximum absolute atomic E-state index is 12.4. The van der Waals surface area contributed by atoms with E-state index in [1.807, 2.05) is 0 Å². The molecule has 1 amide bonds. The molecule has 11 heteroatoms. The molecule has 0 aromatic rings. The molecule has 0 saturated heterocycles. The molecule has 0 saturated carbocycles. The highest BCUT2D eigenvalue weighted by molar-refractivity contribution is 7.55. The smallest absolute Gasteiger partial charge is 0.225 e. The van der Waals surface area contributed by atoms with Crippen LogP contribution < -0.4 is 15.1 Å². The number of hydrogen-bond donors (Lipinski definition) is 2. The van der Waals surface area contributed by atoms with Crippen molar-refractivity contribution in [3.8, 4) is 0 Å². The molecule has 2 heterocycles. The van der Waals surface area contributed by atoms with Crippen LogP contribution in [0.2, 0.25) is 0 Å². The quantitative estimate of drug-likeness (QED) is 0.138. The lowest BCUT2D eigenvalue weighted by molar-refractivity contribution is -0.336. The number of nitrogens with one attached hydrogen (secondary N) is 1. The number of unbranched alkanes of at least 4 members (excludes halogenated alkanes) is 11. The molecular formula is C26H45N5O5P-. The molecule has 0 bridgehead atoms. The number of aliphatic imine (C=N–C) groups is 3. The molecule has 0 aromatic carbocycles. The van der Waals surface area contributed by atoms with Crippen molar-refractivity contribution < 1.29 is 24.2 Å². The summed E-state index contributed by atoms with van der Waals surface area (Å²) in [7, 11) is -4.43. The second-order valence-corrected chi connectivity index (χ2v) is 11.2. The fraction of sp³-hybridized carbons (Fsp3) is 0.769. The molecule has 2 rings (SSSR count). The number of hydrogen-bond acceptors (Lipinski definition) is 9. The fourth-order valence-corrected chi connectivity index (χ4v) is 4.67. The molecule has 0 aliphatic carbocycles. The molecule has 2 aliphatic heterocycles. The van der Waals surface area contributed by atoms with Gasteiger partial charge in [0.15, 0.2) is 12.5 Å². The predicted molar refractivity (Wildman–Crippen MR) is 146 cm³/mol. The van der Waals surface area contributed by atoms with E-state index < -0.39 is 20.3 Å². The zero-order valence-corrected chi connectivity index (χ0v) is 23.2. The second kappa shape index (κ2) is 18.5. The summed E-state index contributed by atoms with van der Waals surface area (Å²) < 4.78 is 4.97. The van der Waals surface area contributed by atoms with Gasteiger partial charge in [0.1, 0.15) is 18.2 Å². The summed E-state index contributed by atoms with van der Waals surface area (Å²) in [5.41, 5.74) is 0. The minimum absolute atomic E-state index is 0.0726. The van der Waals surface area contributed by atoms with Crippen LogP contribution in [0.15, 0.2) is 27.1 Å². The Morgan fingerprint density at radius 3 is 2.38 bits per heavy atom. The monoisotopic (exact) mass is 538 g/mol. The van der Waals surface area contributed by atoms with E-state index >= 15 is 0 Å². The number of rotatable bonds is 20. The van der Waals surface area contributed by atoms with Crippen LogP contribution in [0.1, 0.15) is 96.8 Å². The average molecular weight is 539 g/mol. The maximum atomic E-state index is 12.4. The maximum Gasteiger partial charge on any atom is 0.225 e. The Bertz CT molecular complexity index is 769. The lowest BCUT2D eigenvalue weighted by Gasteiger charge is -2.29. The first-order chi connectivity index (χ1) is 17.9. The van der Waals surface area contributed by atoms with Crippen molar-refractivity contribution in [3.05, 3.63) is 12.2 Å². The highest BCUT2D eigenvalue weighted by Crippen LogP contribution is 2.32. The summed E-state index contributed by atoms with van der Waals surface area (Å²) in [6, 6.07) is -0.411. The van der Waals surface area contributed by atoms with Gasteiger partial charge < -0.3 is 24.7 Å². The summed E-state index contributed by atoms with van der Waals surface area (Å²) in [5, 5.41) is 2.88. The lowest BCUT2D eigenvalue weighted by Crippen LogP contribution is -2.48. The van der Waals surface area contributed by atoms with E-state index in [9.17, 15) is 14.6 Å². The van der Waals surface area contributed by atoms with Gasteiger partial charge in [0.05, 0.1) is 20.9 Å². The van der Waals surface area contributed by atoms with E-state index in [0.29, 0.717) is 18.8 Å². The molecular weight excluding hydrogens is 493 g/mol. The number of carbonyl (C=O) groups excluding carboxylic acids is 1. The first kappa shape index (κ1) is 31.5. The average Bonchev–Trinajstić information content (AvgIpc) is 3.28. The standard InChI is InChI=1S/C26H46N5O5P/c1-2-3-4-5-6-7-8-9-10-11-12-13-14-15-16-17-23(32)30-25-24-26(28-20-27-25)31(21-29-24)18-19-36-22-37(33,34)35/h9-10,20-21,24,26H,2-8,11-19,22H2,1H3,(H2,33,34,35)(H,27,28,30,32)/p-1/b10-9-. The summed E-state index contributed by atoms with van der Waals surface area (Å²) in [6.07, 6.45) is 22.8. The Morgan fingerprint density at radius 2 is 1.70 bits per heavy atom. The van der Waals surface area contributed by atoms with Crippen LogP contribution in [0, 0.1) is 0 Å². The number of amides is 1. The van der Waals surface area contributed by atoms with Crippen LogP contribution in [0.25, 0.3) is 0 Å². The van der Waals surface area contributed by atoms with Gasteiger partial charge in [-0.25, -0.2) is 9.98 Å². The normalized spacial score (nSPS) is 19.0. The van der Waals surface area contributed by atoms with Gasteiger partial charge in [-0.05, 0) is 32.1 Å². The minimum Gasteiger partial charge on any atom is -0.658 e. The van der Waals surface area contributed by atoms with Gasteiger partial charge in [0, 0.05) is 13.0 Å². The Hall–Kier alpha value is -1.71. The molecule has 210 valence electrons. The number of nitrogens with zero attached hydrogens (tertiary/aromatic N) is 4. The molecule has 0 fully saturated rings. The van der Waals surface area contributed by atoms with Crippen molar-refractivity contribution in [2.75, 3.05) is 19.5 Å². The Balaban J connectivity index is 1.49. The van der Waals surface area contributed by atoms with E-state index in [1.165, 1.54) is 64.1 Å². The first-order valence-corrected chi connectivity index (χ1v) is 15.6. The van der Waals surface area contributed by atoms with E-state index in [-0.39, 0.29) is 18.7 Å². The van der Waals surface area contributed by atoms with Crippen LogP contribution >= 0.6 is 7.94 Å². The van der Waals surface area contributed by atoms with Crippen molar-refractivity contribution >= 4 is 32.4 Å². The van der Waals surface area contributed by atoms with Crippen LogP contribution in [0.5, 0.6) is 0 Å². The Kier molecular flexibility index (Phi) is 15.8. The van der Waals surface area contributed by atoms with Gasteiger partial charge in [-0.3, -0.25) is 14.7 Å². The molecule has 0 aromatic heterocycles. The summed E-state index contributed by atoms with van der Waals surface area (Å²) >= 11 is 0. The SMILES string of the molecule is CCCCCCCC/C=C\CCCCCCCC(=O)NC1=NC=NC2C1N=CN2CCOC[P+]([O-])([O-])O. The third-order valence-electron chi connectivity index (χ3n) is 6.38. The summed E-state index contributed by atoms with van der Waals surface area (Å²) in [6.45, 7) is 2.69. The predicted octanol–water partition coefficient (Wildman–Crippen LogP) is 3.07. The number of amidine groups is 1. The van der Waals surface area contributed by atoms with Crippen molar-refractivity contribution in [3.63, 3.8) is 0 Å². The molecule has 2 N–H and O–H groups in total. The van der Waals surface area contributed by atoms with Crippen molar-refractivity contribution in [1.82, 2.24) is 10.2 Å². The second-order valence-electron chi connectivity index (χ2n) is 9.70. The first-order valence-electron chi connectivity index (χ1n) is 13.8. The molecule has 2 unspecified atom stereocenters. The molecule has 0 radical (unpaired) electrons. The highest BCUT2D eigenvalue weighted by atomic mass is 31.2. The van der Waals surface area contributed by atoms with Gasteiger partial charge in [0.25, 0.3) is 0 Å². The van der Waals surface area contributed by atoms with Gasteiger partial charge in [-0.15, -0.1) is 0 Å². The third-order valence-corrected chi connectivity index (χ3v) is 6.88. The molecule has 2 atom stereocenters.